The minimum absolute atomic E-state index is 0.522. The van der Waals surface area contributed by atoms with Crippen molar-refractivity contribution in [3.8, 4) is 5.75 Å². The summed E-state index contributed by atoms with van der Waals surface area (Å²) in [5.74, 6) is 0.860. The molecular formula is C17H18N2OS. The highest BCUT2D eigenvalue weighted by atomic mass is 32.1. The fourth-order valence-electron chi connectivity index (χ4n) is 2.16. The normalized spacial score (nSPS) is 10.9. The number of hydrogen-bond acceptors (Lipinski definition) is 4. The Hall–Kier alpha value is -1.94. The quantitative estimate of drug-likeness (QED) is 0.666. The van der Waals surface area contributed by atoms with E-state index in [1.54, 1.807) is 17.5 Å². The Balaban J connectivity index is 1.64. The van der Waals surface area contributed by atoms with Gasteiger partial charge in [-0.3, -0.25) is 4.98 Å². The van der Waals surface area contributed by atoms with E-state index in [2.05, 4.69) is 22.3 Å². The van der Waals surface area contributed by atoms with E-state index in [9.17, 15) is 0 Å². The lowest BCUT2D eigenvalue weighted by Gasteiger charge is -2.05. The molecule has 2 aromatic heterocycles. The van der Waals surface area contributed by atoms with Gasteiger partial charge >= 0.3 is 0 Å². The van der Waals surface area contributed by atoms with Gasteiger partial charge in [-0.1, -0.05) is 19.4 Å². The van der Waals surface area contributed by atoms with Crippen LogP contribution in [0.25, 0.3) is 10.9 Å². The van der Waals surface area contributed by atoms with Gasteiger partial charge in [-0.15, -0.1) is 11.3 Å². The smallest absolute Gasteiger partial charge is 0.131 e. The molecule has 0 N–H and O–H groups in total. The Morgan fingerprint density at radius 2 is 2.19 bits per heavy atom. The van der Waals surface area contributed by atoms with Crippen molar-refractivity contribution in [1.82, 2.24) is 9.97 Å². The second-order valence-corrected chi connectivity index (χ2v) is 5.93. The summed E-state index contributed by atoms with van der Waals surface area (Å²) in [7, 11) is 0. The third-order valence-corrected chi connectivity index (χ3v) is 4.26. The largest absolute Gasteiger partial charge is 0.487 e. The lowest BCUT2D eigenvalue weighted by atomic mass is 10.2. The van der Waals surface area contributed by atoms with Crippen molar-refractivity contribution in [3.05, 3.63) is 52.6 Å². The summed E-state index contributed by atoms with van der Waals surface area (Å²) in [6.45, 7) is 2.72. The number of fused-ring (bicyclic) bond motifs is 1. The Morgan fingerprint density at radius 3 is 3.10 bits per heavy atom. The fraction of sp³-hybridized carbons (Fsp3) is 0.294. The lowest BCUT2D eigenvalue weighted by molar-refractivity contribution is 0.302. The maximum Gasteiger partial charge on any atom is 0.131 e. The zero-order valence-electron chi connectivity index (χ0n) is 12.1. The van der Waals surface area contributed by atoms with E-state index < -0.39 is 0 Å². The molecule has 108 valence electrons. The van der Waals surface area contributed by atoms with Gasteiger partial charge in [0.05, 0.1) is 16.2 Å². The van der Waals surface area contributed by atoms with Gasteiger partial charge in [-0.05, 0) is 37.1 Å². The van der Waals surface area contributed by atoms with Gasteiger partial charge in [0.15, 0.2) is 0 Å². The van der Waals surface area contributed by atoms with Gasteiger partial charge in [0.1, 0.15) is 12.4 Å². The van der Waals surface area contributed by atoms with Crippen molar-refractivity contribution < 1.29 is 4.74 Å². The van der Waals surface area contributed by atoms with Crippen molar-refractivity contribution in [2.24, 2.45) is 0 Å². The number of nitrogens with zero attached hydrogens (tertiary/aromatic N) is 2. The maximum atomic E-state index is 5.83. The average Bonchev–Trinajstić information content (AvgIpc) is 2.98. The van der Waals surface area contributed by atoms with E-state index in [0.29, 0.717) is 6.61 Å². The SMILES string of the molecule is CCCCc1nc(COc2ccc3ncccc3c2)cs1. The highest BCUT2D eigenvalue weighted by molar-refractivity contribution is 7.09. The molecule has 4 heteroatoms. The first kappa shape index (κ1) is 14.0. The first-order valence-electron chi connectivity index (χ1n) is 7.26. The summed E-state index contributed by atoms with van der Waals surface area (Å²) in [6.07, 6.45) is 5.28. The van der Waals surface area contributed by atoms with E-state index in [-0.39, 0.29) is 0 Å². The predicted octanol–water partition coefficient (Wildman–Crippen LogP) is 4.61. The lowest BCUT2D eigenvalue weighted by Crippen LogP contribution is -1.96. The Bertz CT molecular complexity index is 723. The molecule has 0 radical (unpaired) electrons. The highest BCUT2D eigenvalue weighted by Gasteiger charge is 2.03. The van der Waals surface area contributed by atoms with Crippen LogP contribution in [0, 0.1) is 0 Å². The van der Waals surface area contributed by atoms with Gasteiger partial charge in [0, 0.05) is 17.0 Å². The van der Waals surface area contributed by atoms with E-state index in [0.717, 1.165) is 28.8 Å². The molecular weight excluding hydrogens is 280 g/mol. The summed E-state index contributed by atoms with van der Waals surface area (Å²) in [5, 5.41) is 4.39. The first-order chi connectivity index (χ1) is 10.3. The Kier molecular flexibility index (Phi) is 4.46. The molecule has 0 atom stereocenters. The van der Waals surface area contributed by atoms with Crippen LogP contribution in [0.2, 0.25) is 0 Å². The van der Waals surface area contributed by atoms with Crippen LogP contribution in [0.4, 0.5) is 0 Å². The highest BCUT2D eigenvalue weighted by Crippen LogP contribution is 2.20. The standard InChI is InChI=1S/C17H18N2OS/c1-2-3-6-17-19-14(12-21-17)11-20-15-7-8-16-13(10-15)5-4-9-18-16/h4-5,7-10,12H,2-3,6,11H2,1H3. The predicted molar refractivity (Wildman–Crippen MR) is 86.8 cm³/mol. The molecule has 3 aromatic rings. The molecule has 0 aliphatic rings. The molecule has 0 fully saturated rings. The molecule has 0 saturated heterocycles. The number of aryl methyl sites for hydroxylation is 1. The number of ether oxygens (including phenoxy) is 1. The molecule has 0 unspecified atom stereocenters. The zero-order chi connectivity index (χ0) is 14.5. The molecule has 1 aromatic carbocycles. The van der Waals surface area contributed by atoms with Crippen LogP contribution in [0.15, 0.2) is 41.9 Å². The van der Waals surface area contributed by atoms with Crippen LogP contribution in [0.5, 0.6) is 5.75 Å². The fourth-order valence-corrected chi connectivity index (χ4v) is 2.98. The molecule has 0 saturated carbocycles. The molecule has 21 heavy (non-hydrogen) atoms. The number of pyridine rings is 1. The third kappa shape index (κ3) is 3.58. The van der Waals surface area contributed by atoms with Crippen molar-refractivity contribution in [2.45, 2.75) is 32.8 Å². The summed E-state index contributed by atoms with van der Waals surface area (Å²) in [5.41, 5.74) is 2.00. The minimum atomic E-state index is 0.522. The zero-order valence-corrected chi connectivity index (χ0v) is 12.9. The summed E-state index contributed by atoms with van der Waals surface area (Å²) < 4.78 is 5.83. The molecule has 3 rings (SSSR count). The molecule has 3 nitrogen and oxygen atoms in total. The van der Waals surface area contributed by atoms with Gasteiger partial charge in [-0.25, -0.2) is 4.98 Å². The molecule has 0 aliphatic heterocycles. The monoisotopic (exact) mass is 298 g/mol. The van der Waals surface area contributed by atoms with Crippen LogP contribution in [-0.2, 0) is 13.0 Å². The number of aromatic nitrogens is 2. The first-order valence-corrected chi connectivity index (χ1v) is 8.14. The topological polar surface area (TPSA) is 35.0 Å². The van der Waals surface area contributed by atoms with Gasteiger partial charge in [0.2, 0.25) is 0 Å². The summed E-state index contributed by atoms with van der Waals surface area (Å²) in [4.78, 5) is 8.91. The summed E-state index contributed by atoms with van der Waals surface area (Å²) in [6, 6.07) is 9.94. The van der Waals surface area contributed by atoms with Crippen LogP contribution in [0.3, 0.4) is 0 Å². The van der Waals surface area contributed by atoms with Crippen LogP contribution in [0.1, 0.15) is 30.5 Å². The van der Waals surface area contributed by atoms with E-state index in [1.807, 2.05) is 30.3 Å². The summed E-state index contributed by atoms with van der Waals surface area (Å²) >= 11 is 1.73. The number of thiazole rings is 1. The number of unbranched alkanes of at least 4 members (excludes halogenated alkanes) is 1. The second-order valence-electron chi connectivity index (χ2n) is 4.98. The number of hydrogen-bond donors (Lipinski definition) is 0. The van der Waals surface area contributed by atoms with Gasteiger partial charge < -0.3 is 4.74 Å². The second kappa shape index (κ2) is 6.68. The molecule has 2 heterocycles. The number of benzene rings is 1. The Morgan fingerprint density at radius 1 is 1.24 bits per heavy atom. The molecule has 0 bridgehead atoms. The maximum absolute atomic E-state index is 5.83. The molecule has 0 spiro atoms. The minimum Gasteiger partial charge on any atom is -0.487 e. The van der Waals surface area contributed by atoms with E-state index in [4.69, 9.17) is 4.74 Å². The van der Waals surface area contributed by atoms with Gasteiger partial charge in [-0.2, -0.15) is 0 Å². The third-order valence-electron chi connectivity index (χ3n) is 3.30. The van der Waals surface area contributed by atoms with Crippen LogP contribution in [-0.4, -0.2) is 9.97 Å². The average molecular weight is 298 g/mol. The van der Waals surface area contributed by atoms with Crippen molar-refractivity contribution in [1.29, 1.82) is 0 Å². The molecule has 0 amide bonds. The molecule has 0 aliphatic carbocycles. The van der Waals surface area contributed by atoms with Crippen molar-refractivity contribution in [2.75, 3.05) is 0 Å². The van der Waals surface area contributed by atoms with E-state index in [1.165, 1.54) is 17.8 Å². The van der Waals surface area contributed by atoms with E-state index >= 15 is 0 Å². The Labute approximate surface area is 128 Å². The van der Waals surface area contributed by atoms with Crippen LogP contribution >= 0.6 is 11.3 Å². The van der Waals surface area contributed by atoms with Crippen LogP contribution < -0.4 is 4.74 Å². The van der Waals surface area contributed by atoms with Crippen molar-refractivity contribution >= 4 is 22.2 Å². The number of rotatable bonds is 6. The van der Waals surface area contributed by atoms with Gasteiger partial charge in [0.25, 0.3) is 0 Å². The van der Waals surface area contributed by atoms with Crippen molar-refractivity contribution in [3.63, 3.8) is 0 Å².